The summed E-state index contributed by atoms with van der Waals surface area (Å²) in [5, 5.41) is 3.09. The molecule has 0 aliphatic carbocycles. The maximum atomic E-state index is 11.8. The highest BCUT2D eigenvalue weighted by Crippen LogP contribution is 2.29. The van der Waals surface area contributed by atoms with Crippen molar-refractivity contribution in [3.63, 3.8) is 0 Å². The molecule has 2 unspecified atom stereocenters. The van der Waals surface area contributed by atoms with Crippen LogP contribution in [-0.2, 0) is 11.2 Å². The third-order valence-corrected chi connectivity index (χ3v) is 3.85. The molecule has 0 bridgehead atoms. The van der Waals surface area contributed by atoms with Gasteiger partial charge in [0.2, 0.25) is 5.91 Å². The van der Waals surface area contributed by atoms with E-state index in [4.69, 9.17) is 0 Å². The lowest BCUT2D eigenvalue weighted by Crippen LogP contribution is -2.30. The first-order valence-corrected chi connectivity index (χ1v) is 6.98. The molecule has 1 N–H and O–H groups in total. The number of amides is 1. The third-order valence-electron chi connectivity index (χ3n) is 3.85. The van der Waals surface area contributed by atoms with Crippen molar-refractivity contribution >= 4 is 5.91 Å². The van der Waals surface area contributed by atoms with E-state index in [1.807, 2.05) is 37.4 Å². The Kier molecular flexibility index (Phi) is 3.50. The van der Waals surface area contributed by atoms with Gasteiger partial charge in [0.1, 0.15) is 0 Å². The van der Waals surface area contributed by atoms with Crippen molar-refractivity contribution in [3.8, 4) is 0 Å². The van der Waals surface area contributed by atoms with Gasteiger partial charge in [0.25, 0.3) is 0 Å². The number of aryl methyl sites for hydroxylation is 1. The maximum Gasteiger partial charge on any atom is 0.220 e. The van der Waals surface area contributed by atoms with Crippen molar-refractivity contribution in [1.29, 1.82) is 0 Å². The Morgan fingerprint density at radius 2 is 2.00 bits per heavy atom. The SMILES string of the molecule is Cc1ccc(C2CC(=O)NC2Cc2ccccc2)nc1. The number of aromatic nitrogens is 1. The van der Waals surface area contributed by atoms with Crippen molar-refractivity contribution in [3.05, 3.63) is 65.5 Å². The molecule has 0 saturated carbocycles. The van der Waals surface area contributed by atoms with Gasteiger partial charge in [0.05, 0.1) is 0 Å². The fourth-order valence-electron chi connectivity index (χ4n) is 2.78. The number of carbonyl (C=O) groups excluding carboxylic acids is 1. The second-order valence-corrected chi connectivity index (χ2v) is 5.43. The van der Waals surface area contributed by atoms with Crippen LogP contribution in [0.2, 0.25) is 0 Å². The van der Waals surface area contributed by atoms with E-state index in [0.29, 0.717) is 6.42 Å². The number of hydrogen-bond donors (Lipinski definition) is 1. The van der Waals surface area contributed by atoms with E-state index in [1.165, 1.54) is 5.56 Å². The quantitative estimate of drug-likeness (QED) is 0.928. The number of nitrogens with zero attached hydrogens (tertiary/aromatic N) is 1. The Hall–Kier alpha value is -2.16. The summed E-state index contributed by atoms with van der Waals surface area (Å²) in [7, 11) is 0. The Labute approximate surface area is 119 Å². The van der Waals surface area contributed by atoms with E-state index in [0.717, 1.165) is 17.7 Å². The second kappa shape index (κ2) is 5.45. The minimum atomic E-state index is 0.123. The molecule has 3 heteroatoms. The lowest BCUT2D eigenvalue weighted by atomic mass is 9.91. The zero-order valence-corrected chi connectivity index (χ0v) is 11.5. The third kappa shape index (κ3) is 2.72. The van der Waals surface area contributed by atoms with Gasteiger partial charge < -0.3 is 5.32 Å². The second-order valence-electron chi connectivity index (χ2n) is 5.43. The first-order valence-electron chi connectivity index (χ1n) is 6.98. The molecule has 0 spiro atoms. The summed E-state index contributed by atoms with van der Waals surface area (Å²) in [5.41, 5.74) is 3.40. The highest BCUT2D eigenvalue weighted by atomic mass is 16.2. The number of pyridine rings is 1. The summed E-state index contributed by atoms with van der Waals surface area (Å²) < 4.78 is 0. The van der Waals surface area contributed by atoms with E-state index in [2.05, 4.69) is 28.5 Å². The molecule has 102 valence electrons. The van der Waals surface area contributed by atoms with Crippen LogP contribution < -0.4 is 5.32 Å². The van der Waals surface area contributed by atoms with Crippen molar-refractivity contribution in [2.75, 3.05) is 0 Å². The summed E-state index contributed by atoms with van der Waals surface area (Å²) >= 11 is 0. The van der Waals surface area contributed by atoms with Gasteiger partial charge >= 0.3 is 0 Å². The molecule has 3 nitrogen and oxygen atoms in total. The van der Waals surface area contributed by atoms with Crippen LogP contribution in [0.15, 0.2) is 48.7 Å². The Morgan fingerprint density at radius 3 is 2.70 bits per heavy atom. The van der Waals surface area contributed by atoms with Crippen LogP contribution in [0.4, 0.5) is 0 Å². The van der Waals surface area contributed by atoms with Gasteiger partial charge in [-0.15, -0.1) is 0 Å². The zero-order chi connectivity index (χ0) is 13.9. The van der Waals surface area contributed by atoms with Crippen LogP contribution in [0.5, 0.6) is 0 Å². The predicted molar refractivity (Wildman–Crippen MR) is 78.4 cm³/mol. The summed E-state index contributed by atoms with van der Waals surface area (Å²) in [5.74, 6) is 0.293. The molecule has 1 aromatic heterocycles. The number of rotatable bonds is 3. The van der Waals surface area contributed by atoms with Crippen LogP contribution in [0.25, 0.3) is 0 Å². The van der Waals surface area contributed by atoms with Crippen LogP contribution in [0, 0.1) is 6.92 Å². The number of carbonyl (C=O) groups is 1. The van der Waals surface area contributed by atoms with E-state index in [9.17, 15) is 4.79 Å². The highest BCUT2D eigenvalue weighted by molar-refractivity contribution is 5.80. The Morgan fingerprint density at radius 1 is 1.20 bits per heavy atom. The summed E-state index contributed by atoms with van der Waals surface area (Å²) in [6, 6.07) is 14.5. The first kappa shape index (κ1) is 12.9. The standard InChI is InChI=1S/C17H18N2O/c1-12-7-8-15(18-11-12)14-10-17(20)19-16(14)9-13-5-3-2-4-6-13/h2-8,11,14,16H,9-10H2,1H3,(H,19,20). The van der Waals surface area contributed by atoms with Gasteiger partial charge in [0.15, 0.2) is 0 Å². The van der Waals surface area contributed by atoms with Gasteiger partial charge in [-0.25, -0.2) is 0 Å². The summed E-state index contributed by atoms with van der Waals surface area (Å²) in [6.45, 7) is 2.02. The molecule has 2 aromatic rings. The largest absolute Gasteiger partial charge is 0.352 e. The summed E-state index contributed by atoms with van der Waals surface area (Å²) in [4.78, 5) is 16.2. The average molecular weight is 266 g/mol. The molecule has 20 heavy (non-hydrogen) atoms. The number of nitrogens with one attached hydrogen (secondary N) is 1. The van der Waals surface area contributed by atoms with Gasteiger partial charge in [-0.3, -0.25) is 9.78 Å². The first-order chi connectivity index (χ1) is 9.72. The molecule has 1 fully saturated rings. The normalized spacial score (nSPS) is 21.8. The van der Waals surface area contributed by atoms with E-state index >= 15 is 0 Å². The van der Waals surface area contributed by atoms with E-state index < -0.39 is 0 Å². The van der Waals surface area contributed by atoms with Crippen LogP contribution in [-0.4, -0.2) is 16.9 Å². The van der Waals surface area contributed by atoms with E-state index in [-0.39, 0.29) is 17.9 Å². The van der Waals surface area contributed by atoms with Gasteiger partial charge in [-0.1, -0.05) is 36.4 Å². The highest BCUT2D eigenvalue weighted by Gasteiger charge is 2.34. The van der Waals surface area contributed by atoms with Crippen LogP contribution in [0.1, 0.15) is 29.2 Å². The number of hydrogen-bond acceptors (Lipinski definition) is 2. The maximum absolute atomic E-state index is 11.8. The van der Waals surface area contributed by atoms with Crippen molar-refractivity contribution < 1.29 is 4.79 Å². The van der Waals surface area contributed by atoms with Gasteiger partial charge in [-0.05, 0) is 30.5 Å². The topological polar surface area (TPSA) is 42.0 Å². The molecule has 3 rings (SSSR count). The molecular weight excluding hydrogens is 248 g/mol. The smallest absolute Gasteiger partial charge is 0.220 e. The van der Waals surface area contributed by atoms with Crippen LogP contribution >= 0.6 is 0 Å². The average Bonchev–Trinajstić information content (AvgIpc) is 2.81. The summed E-state index contributed by atoms with van der Waals surface area (Å²) in [6.07, 6.45) is 3.26. The minimum Gasteiger partial charge on any atom is -0.352 e. The lowest BCUT2D eigenvalue weighted by molar-refractivity contribution is -0.119. The van der Waals surface area contributed by atoms with Crippen molar-refractivity contribution in [1.82, 2.24) is 10.3 Å². The molecule has 0 radical (unpaired) electrons. The fourth-order valence-corrected chi connectivity index (χ4v) is 2.78. The predicted octanol–water partition coefficient (Wildman–Crippen LogP) is 2.60. The van der Waals surface area contributed by atoms with E-state index in [1.54, 1.807) is 0 Å². The molecule has 2 heterocycles. The molecule has 2 atom stereocenters. The van der Waals surface area contributed by atoms with Gasteiger partial charge in [0, 0.05) is 30.3 Å². The number of benzene rings is 1. The molecule has 1 saturated heterocycles. The lowest BCUT2D eigenvalue weighted by Gasteiger charge is -2.18. The molecule has 1 aliphatic heterocycles. The molecular formula is C17H18N2O. The molecule has 1 aromatic carbocycles. The Bertz CT molecular complexity index is 592. The monoisotopic (exact) mass is 266 g/mol. The van der Waals surface area contributed by atoms with Crippen molar-refractivity contribution in [2.45, 2.75) is 31.7 Å². The fraction of sp³-hybridized carbons (Fsp3) is 0.294. The minimum absolute atomic E-state index is 0.123. The van der Waals surface area contributed by atoms with Crippen molar-refractivity contribution in [2.24, 2.45) is 0 Å². The molecule has 1 aliphatic rings. The van der Waals surface area contributed by atoms with Gasteiger partial charge in [-0.2, -0.15) is 0 Å². The molecule has 1 amide bonds. The zero-order valence-electron chi connectivity index (χ0n) is 11.5. The Balaban J connectivity index is 1.81. The van der Waals surface area contributed by atoms with Crippen LogP contribution in [0.3, 0.4) is 0 Å².